The molecule has 2 saturated heterocycles. The molecule has 1 aromatic rings. The lowest BCUT2D eigenvalue weighted by atomic mass is 10.2. The van der Waals surface area contributed by atoms with E-state index >= 15 is 0 Å². The molecule has 3 rings (SSSR count). The van der Waals surface area contributed by atoms with Crippen molar-refractivity contribution in [3.8, 4) is 0 Å². The number of para-hydroxylation sites is 2. The lowest BCUT2D eigenvalue weighted by Gasteiger charge is -2.23. The minimum atomic E-state index is -0.477. The summed E-state index contributed by atoms with van der Waals surface area (Å²) in [6.45, 7) is 4.44. The van der Waals surface area contributed by atoms with Gasteiger partial charge in [0.15, 0.2) is 0 Å². The Balaban J connectivity index is 1.53. The monoisotopic (exact) mass is 318 g/mol. The number of rotatable bonds is 5. The number of amides is 1. The number of carbonyl (C=O) groups is 1. The summed E-state index contributed by atoms with van der Waals surface area (Å²) in [4.78, 5) is 27.3. The van der Waals surface area contributed by atoms with Gasteiger partial charge in [0, 0.05) is 25.2 Å². The molecule has 23 heavy (non-hydrogen) atoms. The van der Waals surface area contributed by atoms with Crippen LogP contribution in [0.4, 0.5) is 11.4 Å². The zero-order valence-corrected chi connectivity index (χ0v) is 13.1. The van der Waals surface area contributed by atoms with Crippen LogP contribution in [-0.2, 0) is 4.79 Å². The van der Waals surface area contributed by atoms with Crippen LogP contribution in [0.3, 0.4) is 0 Å². The Morgan fingerprint density at radius 2 is 2.00 bits per heavy atom. The fourth-order valence-corrected chi connectivity index (χ4v) is 3.49. The number of nitro benzene ring substituents is 1. The summed E-state index contributed by atoms with van der Waals surface area (Å²) in [7, 11) is 0. The first kappa shape index (κ1) is 15.9. The van der Waals surface area contributed by atoms with E-state index in [1.54, 1.807) is 18.2 Å². The van der Waals surface area contributed by atoms with E-state index in [1.807, 2.05) is 0 Å². The molecule has 1 aromatic carbocycles. The van der Waals surface area contributed by atoms with Gasteiger partial charge in [-0.1, -0.05) is 12.1 Å². The van der Waals surface area contributed by atoms with Gasteiger partial charge in [0.05, 0.1) is 11.5 Å². The summed E-state index contributed by atoms with van der Waals surface area (Å²) in [6.07, 6.45) is 3.64. The standard InChI is InChI=1S/C16H22N4O3/c21-16(17-14-5-1-2-6-15(14)20(22)23)12-18-10-7-13(11-18)19-8-3-4-9-19/h1-2,5-6,13H,3-4,7-12H2,(H,17,21)/t13-/m1/s1. The second-order valence-electron chi connectivity index (χ2n) is 6.24. The highest BCUT2D eigenvalue weighted by molar-refractivity contribution is 5.94. The highest BCUT2D eigenvalue weighted by Gasteiger charge is 2.30. The van der Waals surface area contributed by atoms with Gasteiger partial charge in [-0.15, -0.1) is 0 Å². The second kappa shape index (κ2) is 7.06. The Morgan fingerprint density at radius 3 is 2.74 bits per heavy atom. The topological polar surface area (TPSA) is 78.7 Å². The van der Waals surface area contributed by atoms with Crippen LogP contribution in [-0.4, -0.2) is 59.4 Å². The van der Waals surface area contributed by atoms with Gasteiger partial charge in [0.1, 0.15) is 5.69 Å². The molecule has 0 bridgehead atoms. The van der Waals surface area contributed by atoms with E-state index in [0.29, 0.717) is 6.04 Å². The second-order valence-corrected chi connectivity index (χ2v) is 6.24. The molecule has 0 spiro atoms. The summed E-state index contributed by atoms with van der Waals surface area (Å²) in [6, 6.07) is 6.79. The first-order valence-electron chi connectivity index (χ1n) is 8.13. The van der Waals surface area contributed by atoms with Crippen molar-refractivity contribution in [2.45, 2.75) is 25.3 Å². The van der Waals surface area contributed by atoms with Crippen LogP contribution in [0.2, 0.25) is 0 Å². The zero-order chi connectivity index (χ0) is 16.2. The van der Waals surface area contributed by atoms with Crippen LogP contribution in [0.15, 0.2) is 24.3 Å². The molecule has 0 saturated carbocycles. The molecule has 2 heterocycles. The molecule has 2 aliphatic heterocycles. The fraction of sp³-hybridized carbons (Fsp3) is 0.562. The number of hydrogen-bond acceptors (Lipinski definition) is 5. The third kappa shape index (κ3) is 3.86. The lowest BCUT2D eigenvalue weighted by molar-refractivity contribution is -0.383. The first-order chi connectivity index (χ1) is 11.1. The van der Waals surface area contributed by atoms with Crippen molar-refractivity contribution in [2.75, 3.05) is 38.0 Å². The molecule has 0 aromatic heterocycles. The van der Waals surface area contributed by atoms with Gasteiger partial charge in [-0.25, -0.2) is 0 Å². The van der Waals surface area contributed by atoms with Crippen LogP contribution in [0, 0.1) is 10.1 Å². The Morgan fingerprint density at radius 1 is 1.26 bits per heavy atom. The molecule has 2 fully saturated rings. The van der Waals surface area contributed by atoms with E-state index < -0.39 is 4.92 Å². The number of anilines is 1. The van der Waals surface area contributed by atoms with Crippen LogP contribution < -0.4 is 5.32 Å². The van der Waals surface area contributed by atoms with Crippen molar-refractivity contribution in [2.24, 2.45) is 0 Å². The summed E-state index contributed by atoms with van der Waals surface area (Å²) in [5, 5.41) is 13.6. The number of carbonyl (C=O) groups excluding carboxylic acids is 1. The number of likely N-dealkylation sites (tertiary alicyclic amines) is 2. The summed E-state index contributed by atoms with van der Waals surface area (Å²) in [5.74, 6) is -0.193. The molecule has 0 unspecified atom stereocenters. The Labute approximate surface area is 135 Å². The zero-order valence-electron chi connectivity index (χ0n) is 13.1. The van der Waals surface area contributed by atoms with Crippen LogP contribution in [0.5, 0.6) is 0 Å². The van der Waals surface area contributed by atoms with Gasteiger partial charge in [0.25, 0.3) is 5.69 Å². The minimum Gasteiger partial charge on any atom is -0.319 e. The van der Waals surface area contributed by atoms with E-state index in [9.17, 15) is 14.9 Å². The summed E-state index contributed by atoms with van der Waals surface area (Å²) in [5.41, 5.74) is 0.190. The van der Waals surface area contributed by atoms with Crippen molar-refractivity contribution in [1.82, 2.24) is 9.80 Å². The smallest absolute Gasteiger partial charge is 0.292 e. The Bertz CT molecular complexity index is 586. The van der Waals surface area contributed by atoms with Crippen molar-refractivity contribution in [1.29, 1.82) is 0 Å². The SMILES string of the molecule is O=C(CN1CC[C@@H](N2CCCC2)C1)Nc1ccccc1[N+](=O)[O-]. The van der Waals surface area contributed by atoms with E-state index in [1.165, 1.54) is 32.0 Å². The average Bonchev–Trinajstić information content (AvgIpc) is 3.18. The van der Waals surface area contributed by atoms with Crippen molar-refractivity contribution < 1.29 is 9.72 Å². The van der Waals surface area contributed by atoms with E-state index in [-0.39, 0.29) is 23.8 Å². The normalized spacial score (nSPS) is 22.3. The third-order valence-electron chi connectivity index (χ3n) is 4.65. The number of hydrogen-bond donors (Lipinski definition) is 1. The molecule has 0 radical (unpaired) electrons. The lowest BCUT2D eigenvalue weighted by Crippen LogP contribution is -2.37. The number of benzene rings is 1. The largest absolute Gasteiger partial charge is 0.319 e. The Kier molecular flexibility index (Phi) is 4.88. The highest BCUT2D eigenvalue weighted by Crippen LogP contribution is 2.24. The molecule has 124 valence electrons. The fourth-order valence-electron chi connectivity index (χ4n) is 3.49. The van der Waals surface area contributed by atoms with Gasteiger partial charge in [0.2, 0.25) is 5.91 Å². The van der Waals surface area contributed by atoms with Crippen LogP contribution in [0.25, 0.3) is 0 Å². The van der Waals surface area contributed by atoms with Gasteiger partial charge in [-0.2, -0.15) is 0 Å². The molecule has 7 nitrogen and oxygen atoms in total. The van der Waals surface area contributed by atoms with Crippen molar-refractivity contribution in [3.05, 3.63) is 34.4 Å². The maximum absolute atomic E-state index is 12.2. The molecule has 2 aliphatic rings. The van der Waals surface area contributed by atoms with Gasteiger partial charge in [-0.3, -0.25) is 24.7 Å². The number of nitrogens with zero attached hydrogens (tertiary/aromatic N) is 3. The maximum Gasteiger partial charge on any atom is 0.292 e. The average molecular weight is 318 g/mol. The van der Waals surface area contributed by atoms with Crippen LogP contribution >= 0.6 is 0 Å². The first-order valence-corrected chi connectivity index (χ1v) is 8.13. The van der Waals surface area contributed by atoms with Crippen molar-refractivity contribution in [3.63, 3.8) is 0 Å². The third-order valence-corrected chi connectivity index (χ3v) is 4.65. The molecule has 1 N–H and O–H groups in total. The summed E-state index contributed by atoms with van der Waals surface area (Å²) < 4.78 is 0. The van der Waals surface area contributed by atoms with Crippen LogP contribution in [0.1, 0.15) is 19.3 Å². The predicted octanol–water partition coefficient (Wildman–Crippen LogP) is 1.70. The quantitative estimate of drug-likeness (QED) is 0.660. The maximum atomic E-state index is 12.2. The Hall–Kier alpha value is -1.99. The molecule has 7 heteroatoms. The molecule has 0 aliphatic carbocycles. The van der Waals surface area contributed by atoms with Gasteiger partial charge in [-0.05, 0) is 38.4 Å². The molecule has 1 amide bonds. The summed E-state index contributed by atoms with van der Waals surface area (Å²) >= 11 is 0. The minimum absolute atomic E-state index is 0.0720. The highest BCUT2D eigenvalue weighted by atomic mass is 16.6. The molecular weight excluding hydrogens is 296 g/mol. The molecular formula is C16H22N4O3. The number of nitrogens with one attached hydrogen (secondary N) is 1. The van der Waals surface area contributed by atoms with Crippen molar-refractivity contribution >= 4 is 17.3 Å². The van der Waals surface area contributed by atoms with E-state index in [2.05, 4.69) is 15.1 Å². The van der Waals surface area contributed by atoms with E-state index in [4.69, 9.17) is 0 Å². The molecule has 1 atom stereocenters. The van der Waals surface area contributed by atoms with E-state index in [0.717, 1.165) is 19.5 Å². The predicted molar refractivity (Wildman–Crippen MR) is 87.4 cm³/mol. The van der Waals surface area contributed by atoms with Gasteiger partial charge < -0.3 is 5.32 Å². The van der Waals surface area contributed by atoms with Gasteiger partial charge >= 0.3 is 0 Å². The number of nitro groups is 1.